The van der Waals surface area contributed by atoms with Crippen LogP contribution in [0.15, 0.2) is 48.5 Å². The van der Waals surface area contributed by atoms with Gasteiger partial charge in [0.05, 0.1) is 12.6 Å². The van der Waals surface area contributed by atoms with Crippen LogP contribution in [0.4, 0.5) is 4.39 Å². The Balaban J connectivity index is 1.91. The fourth-order valence-corrected chi connectivity index (χ4v) is 3.11. The number of nitrogens with one attached hydrogen (secondary N) is 1. The SMILES string of the molecule is CCOc1ccc(C(c2ccc(F)cc2)N2CCNCC2)cc1. The van der Waals surface area contributed by atoms with Crippen molar-refractivity contribution in [2.24, 2.45) is 0 Å². The second-order valence-electron chi connectivity index (χ2n) is 5.74. The van der Waals surface area contributed by atoms with Gasteiger partial charge in [-0.25, -0.2) is 4.39 Å². The molecule has 1 unspecified atom stereocenters. The van der Waals surface area contributed by atoms with Crippen molar-refractivity contribution in [2.75, 3.05) is 32.8 Å². The standard InChI is InChI=1S/C19H23FN2O/c1-2-23-18-9-5-16(6-10-18)19(22-13-11-21-12-14-22)15-3-7-17(20)8-4-15/h3-10,19,21H,2,11-14H2,1H3. The van der Waals surface area contributed by atoms with Gasteiger partial charge in [0.15, 0.2) is 0 Å². The Kier molecular flexibility index (Phi) is 5.26. The van der Waals surface area contributed by atoms with E-state index in [1.165, 1.54) is 5.56 Å². The smallest absolute Gasteiger partial charge is 0.123 e. The van der Waals surface area contributed by atoms with E-state index in [0.29, 0.717) is 6.61 Å². The van der Waals surface area contributed by atoms with Crippen LogP contribution in [0.1, 0.15) is 24.1 Å². The van der Waals surface area contributed by atoms with Gasteiger partial charge in [-0.1, -0.05) is 24.3 Å². The molecule has 1 aliphatic rings. The van der Waals surface area contributed by atoms with E-state index in [-0.39, 0.29) is 11.9 Å². The highest BCUT2D eigenvalue weighted by Gasteiger charge is 2.23. The third kappa shape index (κ3) is 3.89. The summed E-state index contributed by atoms with van der Waals surface area (Å²) < 4.78 is 18.8. The summed E-state index contributed by atoms with van der Waals surface area (Å²) in [6.45, 7) is 6.57. The van der Waals surface area contributed by atoms with Gasteiger partial charge in [-0.05, 0) is 42.3 Å². The Labute approximate surface area is 137 Å². The van der Waals surface area contributed by atoms with Crippen molar-refractivity contribution in [2.45, 2.75) is 13.0 Å². The van der Waals surface area contributed by atoms with Gasteiger partial charge < -0.3 is 10.1 Å². The molecule has 0 bridgehead atoms. The molecule has 122 valence electrons. The van der Waals surface area contributed by atoms with Crippen molar-refractivity contribution >= 4 is 0 Å². The maximum Gasteiger partial charge on any atom is 0.123 e. The number of ether oxygens (including phenoxy) is 1. The summed E-state index contributed by atoms with van der Waals surface area (Å²) in [6, 6.07) is 15.3. The molecule has 0 amide bonds. The Morgan fingerprint density at radius 1 is 1.00 bits per heavy atom. The molecule has 0 spiro atoms. The summed E-state index contributed by atoms with van der Waals surface area (Å²) in [4.78, 5) is 2.44. The molecule has 0 saturated carbocycles. The molecular weight excluding hydrogens is 291 g/mol. The minimum atomic E-state index is -0.195. The predicted octanol–water partition coefficient (Wildman–Crippen LogP) is 3.22. The van der Waals surface area contributed by atoms with E-state index in [1.54, 1.807) is 12.1 Å². The lowest BCUT2D eigenvalue weighted by Gasteiger charge is -2.35. The van der Waals surface area contributed by atoms with Gasteiger partial charge in [-0.2, -0.15) is 0 Å². The molecule has 4 heteroatoms. The van der Waals surface area contributed by atoms with Gasteiger partial charge in [0.2, 0.25) is 0 Å². The first kappa shape index (κ1) is 16.0. The van der Waals surface area contributed by atoms with Crippen LogP contribution in [0.25, 0.3) is 0 Å². The third-order valence-corrected chi connectivity index (χ3v) is 4.21. The summed E-state index contributed by atoms with van der Waals surface area (Å²) in [6.07, 6.45) is 0. The molecular formula is C19H23FN2O. The van der Waals surface area contributed by atoms with E-state index < -0.39 is 0 Å². The van der Waals surface area contributed by atoms with Gasteiger partial charge in [0.25, 0.3) is 0 Å². The van der Waals surface area contributed by atoms with Crippen molar-refractivity contribution < 1.29 is 9.13 Å². The molecule has 1 atom stereocenters. The maximum absolute atomic E-state index is 13.3. The van der Waals surface area contributed by atoms with E-state index >= 15 is 0 Å². The normalized spacial score (nSPS) is 17.0. The van der Waals surface area contributed by atoms with Crippen LogP contribution in [-0.2, 0) is 0 Å². The zero-order valence-corrected chi connectivity index (χ0v) is 13.5. The van der Waals surface area contributed by atoms with Gasteiger partial charge >= 0.3 is 0 Å². The van der Waals surface area contributed by atoms with Crippen molar-refractivity contribution in [3.05, 3.63) is 65.5 Å². The van der Waals surface area contributed by atoms with Crippen molar-refractivity contribution in [1.82, 2.24) is 10.2 Å². The van der Waals surface area contributed by atoms with Gasteiger partial charge in [-0.3, -0.25) is 4.90 Å². The molecule has 2 aromatic rings. The Hall–Kier alpha value is -1.91. The molecule has 3 rings (SSSR count). The summed E-state index contributed by atoms with van der Waals surface area (Å²) in [5, 5.41) is 3.39. The van der Waals surface area contributed by atoms with Crippen molar-refractivity contribution in [3.8, 4) is 5.75 Å². The summed E-state index contributed by atoms with van der Waals surface area (Å²) in [5.74, 6) is 0.689. The average Bonchev–Trinajstić information content (AvgIpc) is 2.60. The Morgan fingerprint density at radius 3 is 2.13 bits per heavy atom. The quantitative estimate of drug-likeness (QED) is 0.917. The lowest BCUT2D eigenvalue weighted by atomic mass is 9.96. The first-order valence-corrected chi connectivity index (χ1v) is 8.21. The molecule has 2 aromatic carbocycles. The molecule has 1 fully saturated rings. The van der Waals surface area contributed by atoms with Crippen LogP contribution in [-0.4, -0.2) is 37.7 Å². The Bertz CT molecular complexity index is 606. The second kappa shape index (κ2) is 7.57. The third-order valence-electron chi connectivity index (χ3n) is 4.21. The van der Waals surface area contributed by atoms with Crippen LogP contribution in [0.2, 0.25) is 0 Å². The number of rotatable bonds is 5. The minimum absolute atomic E-state index is 0.147. The fourth-order valence-electron chi connectivity index (χ4n) is 3.11. The zero-order valence-electron chi connectivity index (χ0n) is 13.5. The summed E-state index contributed by atoms with van der Waals surface area (Å²) in [7, 11) is 0. The largest absolute Gasteiger partial charge is 0.494 e. The van der Waals surface area contributed by atoms with E-state index in [1.807, 2.05) is 31.2 Å². The number of halogens is 1. The van der Waals surface area contributed by atoms with Gasteiger partial charge in [0, 0.05) is 26.2 Å². The number of hydrogen-bond acceptors (Lipinski definition) is 3. The molecule has 3 nitrogen and oxygen atoms in total. The minimum Gasteiger partial charge on any atom is -0.494 e. The number of nitrogens with zero attached hydrogens (tertiary/aromatic N) is 1. The van der Waals surface area contributed by atoms with Crippen LogP contribution >= 0.6 is 0 Å². The number of piperazine rings is 1. The maximum atomic E-state index is 13.3. The molecule has 1 heterocycles. The highest BCUT2D eigenvalue weighted by molar-refractivity contribution is 5.36. The van der Waals surface area contributed by atoms with Gasteiger partial charge in [0.1, 0.15) is 11.6 Å². The molecule has 23 heavy (non-hydrogen) atoms. The summed E-state index contributed by atoms with van der Waals surface area (Å²) in [5.41, 5.74) is 2.33. The predicted molar refractivity (Wildman–Crippen MR) is 90.3 cm³/mol. The molecule has 0 radical (unpaired) electrons. The van der Waals surface area contributed by atoms with Crippen LogP contribution in [0.5, 0.6) is 5.75 Å². The number of benzene rings is 2. The molecule has 1 saturated heterocycles. The highest BCUT2D eigenvalue weighted by atomic mass is 19.1. The molecule has 1 aliphatic heterocycles. The number of hydrogen-bond donors (Lipinski definition) is 1. The fraction of sp³-hybridized carbons (Fsp3) is 0.368. The molecule has 0 aromatic heterocycles. The van der Waals surface area contributed by atoms with Crippen molar-refractivity contribution in [1.29, 1.82) is 0 Å². The average molecular weight is 314 g/mol. The topological polar surface area (TPSA) is 24.5 Å². The van der Waals surface area contributed by atoms with Crippen LogP contribution in [0, 0.1) is 5.82 Å². The lowest BCUT2D eigenvalue weighted by Crippen LogP contribution is -2.45. The lowest BCUT2D eigenvalue weighted by molar-refractivity contribution is 0.198. The van der Waals surface area contributed by atoms with E-state index in [9.17, 15) is 4.39 Å². The van der Waals surface area contributed by atoms with Crippen LogP contribution < -0.4 is 10.1 Å². The monoisotopic (exact) mass is 314 g/mol. The Morgan fingerprint density at radius 2 is 1.57 bits per heavy atom. The molecule has 0 aliphatic carbocycles. The van der Waals surface area contributed by atoms with Gasteiger partial charge in [-0.15, -0.1) is 0 Å². The highest BCUT2D eigenvalue weighted by Crippen LogP contribution is 2.30. The zero-order chi connectivity index (χ0) is 16.1. The summed E-state index contributed by atoms with van der Waals surface area (Å²) >= 11 is 0. The van der Waals surface area contributed by atoms with E-state index in [4.69, 9.17) is 4.74 Å². The van der Waals surface area contributed by atoms with Crippen LogP contribution in [0.3, 0.4) is 0 Å². The van der Waals surface area contributed by atoms with E-state index in [2.05, 4.69) is 22.3 Å². The van der Waals surface area contributed by atoms with E-state index in [0.717, 1.165) is 37.5 Å². The first-order chi connectivity index (χ1) is 11.3. The molecule has 1 N–H and O–H groups in total. The van der Waals surface area contributed by atoms with Crippen molar-refractivity contribution in [3.63, 3.8) is 0 Å². The first-order valence-electron chi connectivity index (χ1n) is 8.21. The second-order valence-corrected chi connectivity index (χ2v) is 5.74.